The van der Waals surface area contributed by atoms with Gasteiger partial charge in [0.25, 0.3) is 0 Å². The van der Waals surface area contributed by atoms with Crippen molar-refractivity contribution in [1.82, 2.24) is 5.32 Å². The molecule has 0 aromatic heterocycles. The van der Waals surface area contributed by atoms with Crippen molar-refractivity contribution in [2.45, 2.75) is 289 Å². The van der Waals surface area contributed by atoms with Crippen LogP contribution in [-0.2, 0) is 14.3 Å². The summed E-state index contributed by atoms with van der Waals surface area (Å²) >= 11 is 0. The molecule has 6 nitrogen and oxygen atoms in total. The van der Waals surface area contributed by atoms with Crippen LogP contribution in [0.4, 0.5) is 0 Å². The quantitative estimate of drug-likeness (QED) is 0.0322. The number of nitrogens with one attached hydrogen (secondary N) is 1. The molecule has 6 heteroatoms. The van der Waals surface area contributed by atoms with E-state index in [9.17, 15) is 19.8 Å². The second-order valence-electron chi connectivity index (χ2n) is 18.3. The van der Waals surface area contributed by atoms with Gasteiger partial charge in [-0.05, 0) is 70.6 Å². The van der Waals surface area contributed by atoms with Crippen molar-refractivity contribution in [3.8, 4) is 0 Å². The van der Waals surface area contributed by atoms with Crippen LogP contribution in [0.15, 0.2) is 48.6 Å². The van der Waals surface area contributed by atoms with Gasteiger partial charge >= 0.3 is 5.97 Å². The first kappa shape index (κ1) is 59.8. The van der Waals surface area contributed by atoms with Crippen LogP contribution >= 0.6 is 0 Å². The maximum Gasteiger partial charge on any atom is 0.306 e. The Bertz CT molecular complexity index is 1070. The molecule has 0 rings (SSSR count). The third kappa shape index (κ3) is 44.4. The van der Waals surface area contributed by atoms with E-state index in [4.69, 9.17) is 4.74 Å². The highest BCUT2D eigenvalue weighted by atomic mass is 16.5. The molecule has 0 bridgehead atoms. The fourth-order valence-electron chi connectivity index (χ4n) is 8.06. The van der Waals surface area contributed by atoms with Crippen molar-refractivity contribution in [2.75, 3.05) is 6.61 Å². The predicted octanol–water partition coefficient (Wildman–Crippen LogP) is 16.2. The average molecular weight is 870 g/mol. The minimum absolute atomic E-state index is 0.0671. The van der Waals surface area contributed by atoms with Crippen molar-refractivity contribution in [1.29, 1.82) is 0 Å². The van der Waals surface area contributed by atoms with Crippen molar-refractivity contribution >= 4 is 11.9 Å². The summed E-state index contributed by atoms with van der Waals surface area (Å²) in [7, 11) is 0. The minimum Gasteiger partial charge on any atom is -0.462 e. The van der Waals surface area contributed by atoms with Crippen molar-refractivity contribution < 1.29 is 24.5 Å². The van der Waals surface area contributed by atoms with E-state index < -0.39 is 18.2 Å². The van der Waals surface area contributed by atoms with E-state index in [1.165, 1.54) is 148 Å². The summed E-state index contributed by atoms with van der Waals surface area (Å²) in [5, 5.41) is 23.7. The Morgan fingerprint density at radius 1 is 0.468 bits per heavy atom. The predicted molar refractivity (Wildman–Crippen MR) is 269 cm³/mol. The molecule has 0 saturated carbocycles. The Labute approximate surface area is 385 Å². The summed E-state index contributed by atoms with van der Waals surface area (Å²) < 4.78 is 5.93. The molecule has 0 heterocycles. The van der Waals surface area contributed by atoms with Gasteiger partial charge in [0.2, 0.25) is 5.91 Å². The molecule has 3 N–H and O–H groups in total. The third-order valence-corrected chi connectivity index (χ3v) is 12.2. The molecular formula is C56H103NO5. The molecular weight excluding hydrogens is 767 g/mol. The smallest absolute Gasteiger partial charge is 0.306 e. The lowest BCUT2D eigenvalue weighted by atomic mass is 10.0. The first-order valence-corrected chi connectivity index (χ1v) is 26.9. The number of allylic oxidation sites excluding steroid dienone is 8. The van der Waals surface area contributed by atoms with E-state index in [-0.39, 0.29) is 24.9 Å². The summed E-state index contributed by atoms with van der Waals surface area (Å²) in [4.78, 5) is 26.2. The molecule has 0 radical (unpaired) electrons. The van der Waals surface area contributed by atoms with E-state index in [0.717, 1.165) is 77.0 Å². The first-order chi connectivity index (χ1) is 30.5. The zero-order valence-electron chi connectivity index (χ0n) is 41.3. The van der Waals surface area contributed by atoms with Crippen molar-refractivity contribution in [2.24, 2.45) is 0 Å². The number of esters is 1. The second-order valence-corrected chi connectivity index (χ2v) is 18.3. The molecule has 0 saturated heterocycles. The highest BCUT2D eigenvalue weighted by Crippen LogP contribution is 2.18. The molecule has 1 amide bonds. The number of aliphatic hydroxyl groups excluding tert-OH is 2. The average Bonchev–Trinajstić information content (AvgIpc) is 3.26. The highest BCUT2D eigenvalue weighted by Gasteiger charge is 2.24. The zero-order chi connectivity index (χ0) is 45.2. The molecule has 0 aromatic carbocycles. The Morgan fingerprint density at radius 2 is 0.823 bits per heavy atom. The Balaban J connectivity index is 4.59. The van der Waals surface area contributed by atoms with Crippen LogP contribution in [0.3, 0.4) is 0 Å². The lowest BCUT2D eigenvalue weighted by molar-refractivity contribution is -0.151. The van der Waals surface area contributed by atoms with Crippen LogP contribution < -0.4 is 5.32 Å². The van der Waals surface area contributed by atoms with E-state index in [2.05, 4.69) is 74.7 Å². The summed E-state index contributed by atoms with van der Waals surface area (Å²) in [6.45, 7) is 6.44. The van der Waals surface area contributed by atoms with Gasteiger partial charge < -0.3 is 20.3 Å². The zero-order valence-corrected chi connectivity index (χ0v) is 41.3. The second kappa shape index (κ2) is 49.8. The Kier molecular flexibility index (Phi) is 48.1. The number of amides is 1. The molecule has 0 aliphatic carbocycles. The molecule has 0 spiro atoms. The normalized spacial score (nSPS) is 13.6. The van der Waals surface area contributed by atoms with Crippen LogP contribution in [0.2, 0.25) is 0 Å². The van der Waals surface area contributed by atoms with Crippen molar-refractivity contribution in [3.63, 3.8) is 0 Å². The largest absolute Gasteiger partial charge is 0.462 e. The van der Waals surface area contributed by atoms with E-state index >= 15 is 0 Å². The molecule has 3 unspecified atom stereocenters. The number of carbonyl (C=O) groups is 2. The number of aliphatic hydroxyl groups is 2. The van der Waals surface area contributed by atoms with Gasteiger partial charge in [0.15, 0.2) is 0 Å². The summed E-state index contributed by atoms with van der Waals surface area (Å²) in [6.07, 6.45) is 60.3. The fourth-order valence-corrected chi connectivity index (χ4v) is 8.06. The van der Waals surface area contributed by atoms with Gasteiger partial charge in [0.05, 0.1) is 25.2 Å². The number of hydrogen-bond donors (Lipinski definition) is 3. The Morgan fingerprint density at radius 3 is 1.26 bits per heavy atom. The summed E-state index contributed by atoms with van der Waals surface area (Å²) in [6, 6.07) is -0.705. The minimum atomic E-state index is -0.791. The maximum absolute atomic E-state index is 13.2. The molecule has 3 atom stereocenters. The number of rotatable bonds is 48. The monoisotopic (exact) mass is 870 g/mol. The number of ether oxygens (including phenoxy) is 1. The highest BCUT2D eigenvalue weighted by molar-refractivity contribution is 5.77. The van der Waals surface area contributed by atoms with Gasteiger partial charge in [-0.1, -0.05) is 236 Å². The molecule has 362 valence electrons. The molecule has 0 aromatic rings. The van der Waals surface area contributed by atoms with Crippen LogP contribution in [0.1, 0.15) is 271 Å². The molecule has 62 heavy (non-hydrogen) atoms. The summed E-state index contributed by atoms with van der Waals surface area (Å²) in [5.41, 5.74) is 0. The van der Waals surface area contributed by atoms with Crippen molar-refractivity contribution in [3.05, 3.63) is 48.6 Å². The lowest BCUT2D eigenvalue weighted by Crippen LogP contribution is -2.46. The van der Waals surface area contributed by atoms with Gasteiger partial charge in [-0.3, -0.25) is 9.59 Å². The molecule has 0 aliphatic heterocycles. The fraction of sp³-hybridized carbons (Fsp3) is 0.821. The van der Waals surface area contributed by atoms with Gasteiger partial charge in [-0.2, -0.15) is 0 Å². The van der Waals surface area contributed by atoms with Crippen LogP contribution in [0, 0.1) is 0 Å². The molecule has 0 aliphatic rings. The Hall–Kier alpha value is -2.18. The lowest BCUT2D eigenvalue weighted by Gasteiger charge is -2.24. The van der Waals surface area contributed by atoms with E-state index in [1.807, 2.05) is 0 Å². The molecule has 0 fully saturated rings. The van der Waals surface area contributed by atoms with Crippen LogP contribution in [0.25, 0.3) is 0 Å². The van der Waals surface area contributed by atoms with Gasteiger partial charge in [0.1, 0.15) is 6.10 Å². The van der Waals surface area contributed by atoms with Gasteiger partial charge in [-0.15, -0.1) is 0 Å². The van der Waals surface area contributed by atoms with E-state index in [1.54, 1.807) is 0 Å². The standard InChI is InChI=1S/C56H103NO5/c1-4-7-10-13-16-19-21-23-25-26-27-28-30-32-34-37-40-43-46-49-56(61)62-52(47-44-41-38-36-33-31-29-24-22-20-17-14-11-8-5-2)50-55(60)57-53(51-58)54(59)48-45-42-39-35-18-15-12-9-6-3/h16,19,23,25,27-28,32,34,52-54,58-59H,4-15,17-18,20-22,24,26,29-31,33,35-51H2,1-3H3,(H,57,60)/b19-16-,25-23-,28-27-,34-32-. The van der Waals surface area contributed by atoms with Gasteiger partial charge in [0, 0.05) is 6.42 Å². The van der Waals surface area contributed by atoms with Gasteiger partial charge in [-0.25, -0.2) is 0 Å². The maximum atomic E-state index is 13.2. The third-order valence-electron chi connectivity index (χ3n) is 12.2. The number of carbonyl (C=O) groups excluding carboxylic acids is 2. The van der Waals surface area contributed by atoms with Crippen LogP contribution in [0.5, 0.6) is 0 Å². The summed E-state index contributed by atoms with van der Waals surface area (Å²) in [5.74, 6) is -0.501. The topological polar surface area (TPSA) is 95.9 Å². The first-order valence-electron chi connectivity index (χ1n) is 26.9. The van der Waals surface area contributed by atoms with Crippen LogP contribution in [-0.4, -0.2) is 46.9 Å². The SMILES string of the molecule is CCCCC/C=C\C/C=C\C/C=C\C/C=C\CCCCCC(=O)OC(CCCCCCCCCCCCCCCCC)CC(=O)NC(CO)C(O)CCCCCCCCCCC. The van der Waals surface area contributed by atoms with E-state index in [0.29, 0.717) is 19.3 Å². The number of unbranched alkanes of at least 4 members (excludes halogenated alkanes) is 28. The number of hydrogen-bond acceptors (Lipinski definition) is 5.